The Morgan fingerprint density at radius 3 is 2.53 bits per heavy atom. The van der Waals surface area contributed by atoms with Gasteiger partial charge in [0.05, 0.1) is 6.17 Å². The van der Waals surface area contributed by atoms with Crippen molar-refractivity contribution in [1.29, 1.82) is 0 Å². The third-order valence-corrected chi connectivity index (χ3v) is 2.15. The summed E-state index contributed by atoms with van der Waals surface area (Å²) in [6, 6.07) is 0. The van der Waals surface area contributed by atoms with Crippen molar-refractivity contribution in [1.82, 2.24) is 4.90 Å². The van der Waals surface area contributed by atoms with Crippen molar-refractivity contribution in [3.8, 4) is 0 Å². The van der Waals surface area contributed by atoms with E-state index in [4.69, 9.17) is 5.11 Å². The van der Waals surface area contributed by atoms with Crippen molar-refractivity contribution in [2.45, 2.75) is 38.8 Å². The van der Waals surface area contributed by atoms with Crippen LogP contribution in [0.15, 0.2) is 0 Å². The fraction of sp³-hybridized carbons (Fsp3) is 0.800. The number of nitrogens with zero attached hydrogens (tertiary/aromatic N) is 1. The molecule has 0 aromatic rings. The molecule has 1 N–H and O–H groups in total. The van der Waals surface area contributed by atoms with Crippen LogP contribution < -0.4 is 0 Å². The maximum Gasteiger partial charge on any atom is 0.323 e. The Kier molecular flexibility index (Phi) is 6.66. The monoisotopic (exact) mass is 219 g/mol. The summed E-state index contributed by atoms with van der Waals surface area (Å²) < 4.78 is 12.8. The normalized spacial score (nSPS) is 12.2. The Bertz CT molecular complexity index is 221. The molecule has 0 saturated carbocycles. The van der Waals surface area contributed by atoms with Crippen molar-refractivity contribution >= 4 is 11.9 Å². The number of likely N-dealkylation sites (N-methyl/N-ethyl adjacent to an activating group) is 1. The fourth-order valence-corrected chi connectivity index (χ4v) is 1.16. The molecule has 5 heteroatoms. The second kappa shape index (κ2) is 7.20. The van der Waals surface area contributed by atoms with E-state index in [2.05, 4.69) is 0 Å². The predicted molar refractivity (Wildman–Crippen MR) is 54.3 cm³/mol. The highest BCUT2D eigenvalue weighted by molar-refractivity contribution is 5.80. The smallest absolute Gasteiger partial charge is 0.323 e. The number of alkyl halides is 1. The standard InChI is InChI=1S/C10H18FNO3/c1-3-8(11)5-4-6-9(13)12(2)7-10(14)15/h8H,3-7H2,1-2H3,(H,14,15). The molecular formula is C10H18FNO3. The maximum absolute atomic E-state index is 12.8. The minimum absolute atomic E-state index is 0.212. The lowest BCUT2D eigenvalue weighted by Crippen LogP contribution is -2.31. The SMILES string of the molecule is CCC(F)CCCC(=O)N(C)CC(=O)O. The molecule has 0 heterocycles. The summed E-state index contributed by atoms with van der Waals surface area (Å²) in [5.41, 5.74) is 0. The van der Waals surface area contributed by atoms with E-state index in [1.807, 2.05) is 0 Å². The van der Waals surface area contributed by atoms with Crippen LogP contribution in [0.1, 0.15) is 32.6 Å². The second-order valence-electron chi connectivity index (χ2n) is 3.54. The molecule has 0 aromatic heterocycles. The van der Waals surface area contributed by atoms with Crippen LogP contribution in [0.5, 0.6) is 0 Å². The van der Waals surface area contributed by atoms with Crippen molar-refractivity contribution in [2.24, 2.45) is 0 Å². The van der Waals surface area contributed by atoms with E-state index in [0.717, 1.165) is 4.90 Å². The molecule has 1 unspecified atom stereocenters. The van der Waals surface area contributed by atoms with Gasteiger partial charge in [0.2, 0.25) is 5.91 Å². The van der Waals surface area contributed by atoms with Crippen LogP contribution in [0.2, 0.25) is 0 Å². The van der Waals surface area contributed by atoms with Gasteiger partial charge in [0.15, 0.2) is 0 Å². The van der Waals surface area contributed by atoms with Gasteiger partial charge in [0.1, 0.15) is 6.54 Å². The Morgan fingerprint density at radius 1 is 1.47 bits per heavy atom. The van der Waals surface area contributed by atoms with Gasteiger partial charge >= 0.3 is 5.97 Å². The van der Waals surface area contributed by atoms with Crippen LogP contribution in [-0.4, -0.2) is 41.6 Å². The zero-order valence-corrected chi connectivity index (χ0v) is 9.20. The summed E-state index contributed by atoms with van der Waals surface area (Å²) in [4.78, 5) is 22.7. The van der Waals surface area contributed by atoms with Crippen LogP contribution in [0.25, 0.3) is 0 Å². The first-order valence-corrected chi connectivity index (χ1v) is 5.07. The Balaban J connectivity index is 3.69. The second-order valence-corrected chi connectivity index (χ2v) is 3.54. The molecule has 15 heavy (non-hydrogen) atoms. The summed E-state index contributed by atoms with van der Waals surface area (Å²) in [7, 11) is 1.43. The van der Waals surface area contributed by atoms with Crippen molar-refractivity contribution in [2.75, 3.05) is 13.6 Å². The van der Waals surface area contributed by atoms with Gasteiger partial charge in [-0.3, -0.25) is 9.59 Å². The topological polar surface area (TPSA) is 57.6 Å². The van der Waals surface area contributed by atoms with Gasteiger partial charge < -0.3 is 10.0 Å². The molecule has 0 rings (SSSR count). The van der Waals surface area contributed by atoms with Crippen LogP contribution in [-0.2, 0) is 9.59 Å². The van der Waals surface area contributed by atoms with Gasteiger partial charge in [-0.2, -0.15) is 0 Å². The van der Waals surface area contributed by atoms with Gasteiger partial charge in [0, 0.05) is 13.5 Å². The molecule has 0 aliphatic carbocycles. The number of hydrogen-bond acceptors (Lipinski definition) is 2. The molecule has 0 bridgehead atoms. The lowest BCUT2D eigenvalue weighted by Gasteiger charge is -2.14. The Morgan fingerprint density at radius 2 is 2.07 bits per heavy atom. The molecule has 0 radical (unpaired) electrons. The third kappa shape index (κ3) is 6.88. The zero-order chi connectivity index (χ0) is 11.8. The molecule has 1 atom stereocenters. The van der Waals surface area contributed by atoms with Crippen LogP contribution in [0.3, 0.4) is 0 Å². The largest absolute Gasteiger partial charge is 0.480 e. The number of carbonyl (C=O) groups excluding carboxylic acids is 1. The number of hydrogen-bond donors (Lipinski definition) is 1. The fourth-order valence-electron chi connectivity index (χ4n) is 1.16. The van der Waals surface area contributed by atoms with Gasteiger partial charge in [0.25, 0.3) is 0 Å². The molecule has 0 spiro atoms. The molecule has 0 fully saturated rings. The lowest BCUT2D eigenvalue weighted by molar-refractivity contribution is -0.143. The van der Waals surface area contributed by atoms with E-state index in [1.165, 1.54) is 7.05 Å². The minimum Gasteiger partial charge on any atom is -0.480 e. The number of carboxylic acids is 1. The number of rotatable bonds is 7. The Labute approximate surface area is 89.1 Å². The molecule has 88 valence electrons. The van der Waals surface area contributed by atoms with Gasteiger partial charge in [-0.25, -0.2) is 4.39 Å². The number of aliphatic carboxylic acids is 1. The van der Waals surface area contributed by atoms with Crippen molar-refractivity contribution in [3.63, 3.8) is 0 Å². The van der Waals surface area contributed by atoms with E-state index in [1.54, 1.807) is 6.92 Å². The predicted octanol–water partition coefficient (Wildman–Crippen LogP) is 1.45. The quantitative estimate of drug-likeness (QED) is 0.705. The number of halogens is 1. The van der Waals surface area contributed by atoms with Gasteiger partial charge in [-0.15, -0.1) is 0 Å². The number of amides is 1. The first kappa shape index (κ1) is 13.9. The first-order chi connectivity index (χ1) is 6.97. The summed E-state index contributed by atoms with van der Waals surface area (Å²) in [6.45, 7) is 1.45. The minimum atomic E-state index is -1.04. The maximum atomic E-state index is 12.8. The van der Waals surface area contributed by atoms with E-state index in [0.29, 0.717) is 19.3 Å². The Hall–Kier alpha value is -1.13. The van der Waals surface area contributed by atoms with E-state index >= 15 is 0 Å². The summed E-state index contributed by atoms with van der Waals surface area (Å²) in [5.74, 6) is -1.29. The average molecular weight is 219 g/mol. The van der Waals surface area contributed by atoms with Crippen molar-refractivity contribution in [3.05, 3.63) is 0 Å². The number of carboxylic acid groups (broad SMARTS) is 1. The molecule has 0 saturated heterocycles. The summed E-state index contributed by atoms with van der Waals surface area (Å²) >= 11 is 0. The van der Waals surface area contributed by atoms with Gasteiger partial charge in [-0.05, 0) is 19.3 Å². The molecule has 0 aromatic carbocycles. The molecule has 1 amide bonds. The molecule has 4 nitrogen and oxygen atoms in total. The van der Waals surface area contributed by atoms with E-state index < -0.39 is 12.1 Å². The highest BCUT2D eigenvalue weighted by Gasteiger charge is 2.12. The van der Waals surface area contributed by atoms with E-state index in [-0.39, 0.29) is 18.9 Å². The number of carbonyl (C=O) groups is 2. The summed E-state index contributed by atoms with van der Waals surface area (Å²) in [5, 5.41) is 8.43. The van der Waals surface area contributed by atoms with Crippen LogP contribution in [0.4, 0.5) is 4.39 Å². The lowest BCUT2D eigenvalue weighted by atomic mass is 10.1. The average Bonchev–Trinajstić information content (AvgIpc) is 2.16. The van der Waals surface area contributed by atoms with Crippen LogP contribution >= 0.6 is 0 Å². The zero-order valence-electron chi connectivity index (χ0n) is 9.20. The third-order valence-electron chi connectivity index (χ3n) is 2.15. The van der Waals surface area contributed by atoms with E-state index in [9.17, 15) is 14.0 Å². The molecule has 0 aliphatic heterocycles. The highest BCUT2D eigenvalue weighted by Crippen LogP contribution is 2.08. The van der Waals surface area contributed by atoms with Crippen molar-refractivity contribution < 1.29 is 19.1 Å². The first-order valence-electron chi connectivity index (χ1n) is 5.07. The molecule has 0 aliphatic rings. The molecular weight excluding hydrogens is 201 g/mol. The van der Waals surface area contributed by atoms with Gasteiger partial charge in [-0.1, -0.05) is 6.92 Å². The van der Waals surface area contributed by atoms with Crippen LogP contribution in [0, 0.1) is 0 Å². The summed E-state index contributed by atoms with van der Waals surface area (Å²) in [6.07, 6.45) is 0.646. The highest BCUT2D eigenvalue weighted by atomic mass is 19.1.